The van der Waals surface area contributed by atoms with Gasteiger partial charge in [0.2, 0.25) is 0 Å². The maximum atomic E-state index is 12.6. The molecule has 1 aliphatic carbocycles. The average Bonchev–Trinajstić information content (AvgIpc) is 3.08. The average molecular weight is 499 g/mol. The highest BCUT2D eigenvalue weighted by Crippen LogP contribution is 2.38. The monoisotopic (exact) mass is 497 g/mol. The third-order valence-electron chi connectivity index (χ3n) is 4.09. The van der Waals surface area contributed by atoms with Crippen molar-refractivity contribution in [1.29, 1.82) is 0 Å². The van der Waals surface area contributed by atoms with Crippen molar-refractivity contribution in [3.05, 3.63) is 91.9 Å². The molecule has 144 valence electrons. The van der Waals surface area contributed by atoms with Gasteiger partial charge in [-0.2, -0.15) is 0 Å². The predicted octanol–water partition coefficient (Wildman–Crippen LogP) is 5.53. The molecule has 0 aliphatic heterocycles. The van der Waals surface area contributed by atoms with Crippen molar-refractivity contribution in [3.63, 3.8) is 0 Å². The number of halogens is 3. The van der Waals surface area contributed by atoms with E-state index in [1.165, 1.54) is 6.07 Å². The maximum Gasteiger partial charge on any atom is 0.265 e. The van der Waals surface area contributed by atoms with Crippen LogP contribution in [0.25, 0.3) is 5.57 Å². The van der Waals surface area contributed by atoms with Gasteiger partial charge in [0.05, 0.1) is 10.0 Å². The van der Waals surface area contributed by atoms with Gasteiger partial charge in [0.25, 0.3) is 15.9 Å². The third kappa shape index (κ3) is 4.10. The Kier molecular flexibility index (Phi) is 6.15. The van der Waals surface area contributed by atoms with Crippen LogP contribution in [0.2, 0.25) is 10.0 Å². The van der Waals surface area contributed by atoms with E-state index in [9.17, 15) is 13.2 Å². The zero-order chi connectivity index (χ0) is 20.5. The van der Waals surface area contributed by atoms with Crippen LogP contribution in [0.5, 0.6) is 0 Å². The predicted molar refractivity (Wildman–Crippen MR) is 116 cm³/mol. The second kappa shape index (κ2) is 8.25. The maximum absolute atomic E-state index is 12.6. The van der Waals surface area contributed by atoms with Crippen LogP contribution in [0.3, 0.4) is 0 Å². The van der Waals surface area contributed by atoms with E-state index in [0.29, 0.717) is 25.7 Å². The van der Waals surface area contributed by atoms with Gasteiger partial charge in [-0.15, -0.1) is 0 Å². The SMILES string of the molecule is C/C=C1\C=C(C(=O)NS(=O)(=O)c2ccccc2Br)C=C1c1cccc(Cl)c1Cl. The molecule has 0 saturated heterocycles. The van der Waals surface area contributed by atoms with Crippen molar-refractivity contribution in [2.24, 2.45) is 0 Å². The fraction of sp³-hybridized carbons (Fsp3) is 0.0500. The molecular formula is C20H14BrCl2NO3S. The topological polar surface area (TPSA) is 63.2 Å². The number of benzene rings is 2. The first-order valence-corrected chi connectivity index (χ1v) is 11.1. The van der Waals surface area contributed by atoms with Crippen LogP contribution in [-0.4, -0.2) is 14.3 Å². The highest BCUT2D eigenvalue weighted by atomic mass is 79.9. The zero-order valence-corrected chi connectivity index (χ0v) is 18.5. The molecule has 1 N–H and O–H groups in total. The number of amides is 1. The Balaban J connectivity index is 1.94. The lowest BCUT2D eigenvalue weighted by Gasteiger charge is -2.09. The van der Waals surface area contributed by atoms with Gasteiger partial charge in [-0.05, 0) is 64.4 Å². The molecule has 1 amide bonds. The van der Waals surface area contributed by atoms with Gasteiger partial charge in [0.15, 0.2) is 0 Å². The quantitative estimate of drug-likeness (QED) is 0.602. The summed E-state index contributed by atoms with van der Waals surface area (Å²) in [5.74, 6) is -0.733. The molecule has 1 aliphatic rings. The molecule has 0 bridgehead atoms. The van der Waals surface area contributed by atoms with Crippen LogP contribution in [0.15, 0.2) is 81.2 Å². The number of carbonyl (C=O) groups is 1. The second-order valence-corrected chi connectivity index (χ2v) is 9.16. The summed E-state index contributed by atoms with van der Waals surface area (Å²) in [6.45, 7) is 1.82. The van der Waals surface area contributed by atoms with Crippen molar-refractivity contribution in [2.45, 2.75) is 11.8 Å². The van der Waals surface area contributed by atoms with E-state index < -0.39 is 15.9 Å². The first-order chi connectivity index (χ1) is 13.2. The van der Waals surface area contributed by atoms with Crippen LogP contribution in [0, 0.1) is 0 Å². The van der Waals surface area contributed by atoms with E-state index in [1.54, 1.807) is 48.6 Å². The molecule has 0 unspecified atom stereocenters. The Morgan fingerprint density at radius 3 is 2.46 bits per heavy atom. The normalized spacial score (nSPS) is 15.4. The molecule has 0 heterocycles. The zero-order valence-electron chi connectivity index (χ0n) is 14.5. The number of hydrogen-bond acceptors (Lipinski definition) is 3. The molecule has 0 atom stereocenters. The lowest BCUT2D eigenvalue weighted by atomic mass is 10.0. The Morgan fingerprint density at radius 2 is 1.79 bits per heavy atom. The van der Waals surface area contributed by atoms with Crippen LogP contribution < -0.4 is 4.72 Å². The summed E-state index contributed by atoms with van der Waals surface area (Å²) >= 11 is 15.6. The molecule has 28 heavy (non-hydrogen) atoms. The molecule has 0 radical (unpaired) electrons. The number of carbonyl (C=O) groups excluding carboxylic acids is 1. The third-order valence-corrected chi connectivity index (χ3v) is 7.25. The van der Waals surface area contributed by atoms with Crippen molar-refractivity contribution in [3.8, 4) is 0 Å². The molecule has 2 aromatic rings. The summed E-state index contributed by atoms with van der Waals surface area (Å²) in [5.41, 5.74) is 2.30. The van der Waals surface area contributed by atoms with Gasteiger partial charge >= 0.3 is 0 Å². The minimum absolute atomic E-state index is 0.0182. The summed E-state index contributed by atoms with van der Waals surface area (Å²) in [6, 6.07) is 11.5. The number of allylic oxidation sites excluding steroid dienone is 4. The summed E-state index contributed by atoms with van der Waals surface area (Å²) in [4.78, 5) is 12.6. The summed E-state index contributed by atoms with van der Waals surface area (Å²) in [7, 11) is -4.03. The summed E-state index contributed by atoms with van der Waals surface area (Å²) < 4.78 is 27.6. The van der Waals surface area contributed by atoms with E-state index in [4.69, 9.17) is 23.2 Å². The number of nitrogens with one attached hydrogen (secondary N) is 1. The molecule has 0 aromatic heterocycles. The minimum atomic E-state index is -4.03. The second-order valence-electron chi connectivity index (χ2n) is 5.87. The number of rotatable bonds is 4. The highest BCUT2D eigenvalue weighted by molar-refractivity contribution is 9.10. The Hall–Kier alpha value is -1.86. The molecule has 3 rings (SSSR count). The minimum Gasteiger partial charge on any atom is -0.268 e. The largest absolute Gasteiger partial charge is 0.268 e. The van der Waals surface area contributed by atoms with Gasteiger partial charge in [0, 0.05) is 15.6 Å². The van der Waals surface area contributed by atoms with Crippen molar-refractivity contribution in [2.75, 3.05) is 0 Å². The molecule has 0 spiro atoms. The molecule has 0 fully saturated rings. The molecule has 8 heteroatoms. The van der Waals surface area contributed by atoms with Gasteiger partial charge in [-0.25, -0.2) is 13.1 Å². The van der Waals surface area contributed by atoms with Gasteiger partial charge in [0.1, 0.15) is 4.90 Å². The van der Waals surface area contributed by atoms with Crippen LogP contribution in [0.4, 0.5) is 0 Å². The van der Waals surface area contributed by atoms with Crippen molar-refractivity contribution in [1.82, 2.24) is 4.72 Å². The number of sulfonamides is 1. The Labute approximate surface area is 181 Å². The van der Waals surface area contributed by atoms with Gasteiger partial charge in [-0.3, -0.25) is 4.79 Å². The van der Waals surface area contributed by atoms with Crippen molar-refractivity contribution >= 4 is 60.6 Å². The summed E-state index contributed by atoms with van der Waals surface area (Å²) in [6.07, 6.45) is 5.01. The Morgan fingerprint density at radius 1 is 1.07 bits per heavy atom. The molecular weight excluding hydrogens is 485 g/mol. The first kappa shape index (κ1) is 20.9. The van der Waals surface area contributed by atoms with E-state index in [2.05, 4.69) is 20.7 Å². The summed E-state index contributed by atoms with van der Waals surface area (Å²) in [5, 5.41) is 0.760. The molecule has 4 nitrogen and oxygen atoms in total. The smallest absolute Gasteiger partial charge is 0.265 e. The highest BCUT2D eigenvalue weighted by Gasteiger charge is 2.25. The standard InChI is InChI=1S/C20H14BrCl2NO3S/c1-2-12-10-13(11-15(12)14-6-5-8-17(22)19(14)23)20(25)24-28(26,27)18-9-4-3-7-16(18)21/h2-11H,1H3,(H,24,25)/b12-2+. The fourth-order valence-electron chi connectivity index (χ4n) is 2.74. The van der Waals surface area contributed by atoms with Crippen molar-refractivity contribution < 1.29 is 13.2 Å². The van der Waals surface area contributed by atoms with Crippen LogP contribution >= 0.6 is 39.1 Å². The molecule has 0 saturated carbocycles. The Bertz CT molecular complexity index is 1170. The van der Waals surface area contributed by atoms with Gasteiger partial charge in [-0.1, -0.05) is 53.5 Å². The molecule has 2 aromatic carbocycles. The fourth-order valence-corrected chi connectivity index (χ4v) is 5.12. The first-order valence-electron chi connectivity index (χ1n) is 8.10. The van der Waals surface area contributed by atoms with E-state index in [0.717, 1.165) is 5.57 Å². The number of hydrogen-bond donors (Lipinski definition) is 1. The van der Waals surface area contributed by atoms with E-state index in [-0.39, 0.29) is 10.5 Å². The van der Waals surface area contributed by atoms with E-state index in [1.807, 2.05) is 13.0 Å². The van der Waals surface area contributed by atoms with Gasteiger partial charge < -0.3 is 0 Å². The van der Waals surface area contributed by atoms with Crippen LogP contribution in [0.1, 0.15) is 12.5 Å². The lowest BCUT2D eigenvalue weighted by molar-refractivity contribution is -0.115. The van der Waals surface area contributed by atoms with E-state index >= 15 is 0 Å². The lowest BCUT2D eigenvalue weighted by Crippen LogP contribution is -2.31. The van der Waals surface area contributed by atoms with Crippen LogP contribution in [-0.2, 0) is 14.8 Å².